The van der Waals surface area contributed by atoms with Crippen molar-refractivity contribution < 1.29 is 63.7 Å². The van der Waals surface area contributed by atoms with Gasteiger partial charge in [-0.2, -0.15) is 0 Å². The number of aliphatic hydroxyl groups is 2. The van der Waals surface area contributed by atoms with Crippen LogP contribution in [0, 0.1) is 30.6 Å². The van der Waals surface area contributed by atoms with Crippen LogP contribution in [0.5, 0.6) is 23.0 Å². The number of fused-ring (bicyclic) bond motifs is 14. The van der Waals surface area contributed by atoms with Crippen molar-refractivity contribution in [3.05, 3.63) is 52.8 Å². The van der Waals surface area contributed by atoms with Gasteiger partial charge in [-0.15, -0.1) is 0 Å². The zero-order valence-corrected chi connectivity index (χ0v) is 34.2. The molecule has 0 saturated carbocycles. The van der Waals surface area contributed by atoms with E-state index in [1.165, 1.54) is 53.2 Å². The quantitative estimate of drug-likeness (QED) is 0.0480. The summed E-state index contributed by atoms with van der Waals surface area (Å²) in [5, 5.41) is 63.8. The Kier molecular flexibility index (Phi) is 14.4. The number of nitrogens with one attached hydrogen (secondary N) is 1. The lowest BCUT2D eigenvalue weighted by Crippen LogP contribution is -2.46. The number of ketones is 1. The average Bonchev–Trinajstić information content (AvgIpc) is 3.43. The topological polar surface area (TPSA) is 223 Å². The highest BCUT2D eigenvalue weighted by Gasteiger charge is 2.50. The Balaban J connectivity index is 1.96. The number of hydrogen-bond donors (Lipinski definition) is 6. The highest BCUT2D eigenvalue weighted by molar-refractivity contribution is 6.23. The number of hydrogen-bond acceptors (Lipinski definition) is 14. The highest BCUT2D eigenvalue weighted by Crippen LogP contribution is 2.55. The Bertz CT molecular complexity index is 1970. The summed E-state index contributed by atoms with van der Waals surface area (Å²) in [6.07, 6.45) is 6.05. The fraction of sp³-hybridized carbons (Fsp3) is 0.524. The Morgan fingerprint density at radius 1 is 0.982 bits per heavy atom. The second-order valence-corrected chi connectivity index (χ2v) is 15.0. The first-order valence-electron chi connectivity index (χ1n) is 19.1. The molecule has 0 saturated heterocycles. The third-order valence-corrected chi connectivity index (χ3v) is 10.9. The molecule has 1 amide bonds. The van der Waals surface area contributed by atoms with Crippen LogP contribution in [0.2, 0.25) is 0 Å². The van der Waals surface area contributed by atoms with Gasteiger partial charge in [0.05, 0.1) is 53.0 Å². The number of aliphatic hydroxyl groups excluding tert-OH is 2. The number of benzene rings is 2. The number of esters is 1. The molecule has 0 fully saturated rings. The predicted molar refractivity (Wildman–Crippen MR) is 212 cm³/mol. The number of rotatable bonds is 7. The fourth-order valence-electron chi connectivity index (χ4n) is 7.22. The van der Waals surface area contributed by atoms with E-state index in [1.807, 2.05) is 6.92 Å². The van der Waals surface area contributed by atoms with E-state index >= 15 is 0 Å². The number of methoxy groups -OCH3 is 1. The normalized spacial score (nSPS) is 30.7. The Morgan fingerprint density at radius 3 is 2.30 bits per heavy atom. The van der Waals surface area contributed by atoms with Crippen LogP contribution in [0.1, 0.15) is 89.7 Å². The third kappa shape index (κ3) is 9.05. The lowest BCUT2D eigenvalue weighted by molar-refractivity contribution is -0.160. The number of carbonyl (C=O) groups excluding carboxylic acids is 3. The number of Topliss-reactive ketones (excluding diaryl/α,β-unsaturated/α-hetero) is 1. The molecule has 312 valence electrons. The van der Waals surface area contributed by atoms with Gasteiger partial charge >= 0.3 is 11.8 Å². The largest absolute Gasteiger partial charge is 0.507 e. The van der Waals surface area contributed by atoms with Gasteiger partial charge in [-0.1, -0.05) is 64.4 Å². The summed E-state index contributed by atoms with van der Waals surface area (Å²) in [5.74, 6) is -8.58. The summed E-state index contributed by atoms with van der Waals surface area (Å²) in [6.45, 7) is 14.6. The van der Waals surface area contributed by atoms with Crippen molar-refractivity contribution in [2.45, 2.75) is 105 Å². The van der Waals surface area contributed by atoms with Crippen molar-refractivity contribution in [2.75, 3.05) is 19.0 Å². The van der Waals surface area contributed by atoms with Crippen molar-refractivity contribution in [1.29, 1.82) is 0 Å². The molecule has 0 aliphatic carbocycles. The number of phenols is 3. The summed E-state index contributed by atoms with van der Waals surface area (Å²) in [5.41, 5.74) is -0.577. The SMILES string of the molecule is CCCCO/N=C\c1c2c(O)c3c(O)c(C)c4c(c3c1O)C(=O)C(C)(O/C=C/C(OC)C(C)C(OC(C)=O)C(C)C(O)C(C)C(O)C(C)/C=C/C=C(\C)C(=O)N2)O4. The first kappa shape index (κ1) is 44.6. The molecule has 5 bridgehead atoms. The van der Waals surface area contributed by atoms with Gasteiger partial charge in [0.1, 0.15) is 30.0 Å². The van der Waals surface area contributed by atoms with Gasteiger partial charge in [0, 0.05) is 61.2 Å². The van der Waals surface area contributed by atoms with Crippen LogP contribution >= 0.6 is 0 Å². The molecule has 2 aromatic rings. The number of carbonyl (C=O) groups is 3. The van der Waals surface area contributed by atoms with Gasteiger partial charge in [-0.3, -0.25) is 14.4 Å². The first-order chi connectivity index (χ1) is 26.8. The van der Waals surface area contributed by atoms with E-state index in [9.17, 15) is 39.9 Å². The summed E-state index contributed by atoms with van der Waals surface area (Å²) < 4.78 is 23.5. The van der Waals surface area contributed by atoms with E-state index in [-0.39, 0.29) is 51.1 Å². The molecule has 2 aromatic carbocycles. The molecule has 3 aliphatic heterocycles. The van der Waals surface area contributed by atoms with E-state index in [2.05, 4.69) is 10.5 Å². The molecule has 0 spiro atoms. The minimum absolute atomic E-state index is 0.0378. The summed E-state index contributed by atoms with van der Waals surface area (Å²) >= 11 is 0. The van der Waals surface area contributed by atoms with Gasteiger partial charge in [0.25, 0.3) is 11.7 Å². The van der Waals surface area contributed by atoms with Crippen molar-refractivity contribution in [3.8, 4) is 23.0 Å². The van der Waals surface area contributed by atoms with Gasteiger partial charge in [-0.25, -0.2) is 0 Å². The van der Waals surface area contributed by atoms with E-state index in [1.54, 1.807) is 39.8 Å². The number of amides is 1. The molecule has 5 rings (SSSR count). The Hall–Kier alpha value is -5.12. The second kappa shape index (κ2) is 18.4. The number of oxime groups is 1. The predicted octanol–water partition coefficient (Wildman–Crippen LogP) is 5.90. The summed E-state index contributed by atoms with van der Waals surface area (Å²) in [6, 6.07) is 0. The molecule has 9 atom stereocenters. The van der Waals surface area contributed by atoms with E-state index in [0.717, 1.165) is 12.6 Å². The minimum atomic E-state index is -2.05. The van der Waals surface area contributed by atoms with Crippen LogP contribution in [-0.2, 0) is 28.6 Å². The van der Waals surface area contributed by atoms with Crippen molar-refractivity contribution in [3.63, 3.8) is 0 Å². The van der Waals surface area contributed by atoms with Crippen LogP contribution in [0.15, 0.2) is 41.3 Å². The van der Waals surface area contributed by atoms with Gasteiger partial charge in [0.15, 0.2) is 5.75 Å². The van der Waals surface area contributed by atoms with Crippen LogP contribution in [0.4, 0.5) is 5.69 Å². The third-order valence-electron chi connectivity index (χ3n) is 10.9. The van der Waals surface area contributed by atoms with Crippen molar-refractivity contribution in [2.24, 2.45) is 28.8 Å². The van der Waals surface area contributed by atoms with Gasteiger partial charge in [-0.05, 0) is 26.3 Å². The van der Waals surface area contributed by atoms with Gasteiger partial charge < -0.3 is 54.6 Å². The van der Waals surface area contributed by atoms with Crippen LogP contribution in [0.3, 0.4) is 0 Å². The maximum Gasteiger partial charge on any atom is 0.312 e. The maximum atomic E-state index is 14.3. The highest BCUT2D eigenvalue weighted by atomic mass is 16.7. The molecule has 9 unspecified atom stereocenters. The molecule has 15 heteroatoms. The van der Waals surface area contributed by atoms with Crippen LogP contribution in [-0.4, -0.2) is 93.3 Å². The molecule has 15 nitrogen and oxygen atoms in total. The summed E-state index contributed by atoms with van der Waals surface area (Å²) in [4.78, 5) is 45.5. The lowest BCUT2D eigenvalue weighted by atomic mass is 9.78. The minimum Gasteiger partial charge on any atom is -0.507 e. The lowest BCUT2D eigenvalue weighted by Gasteiger charge is -2.38. The van der Waals surface area contributed by atoms with Crippen LogP contribution in [0.25, 0.3) is 10.8 Å². The first-order valence-corrected chi connectivity index (χ1v) is 19.1. The molecule has 0 aromatic heterocycles. The Morgan fingerprint density at radius 2 is 1.67 bits per heavy atom. The second-order valence-electron chi connectivity index (χ2n) is 15.0. The molecule has 57 heavy (non-hydrogen) atoms. The number of aromatic hydroxyl groups is 3. The number of allylic oxidation sites excluding steroid dienone is 2. The summed E-state index contributed by atoms with van der Waals surface area (Å²) in [7, 11) is 1.43. The Labute approximate surface area is 332 Å². The number of anilines is 1. The van der Waals surface area contributed by atoms with Gasteiger partial charge in [0.2, 0.25) is 0 Å². The molecule has 6 N–H and O–H groups in total. The van der Waals surface area contributed by atoms with E-state index in [0.29, 0.717) is 6.42 Å². The zero-order valence-electron chi connectivity index (χ0n) is 34.2. The average molecular weight is 797 g/mol. The molecular formula is C42H56N2O13. The number of unbranched alkanes of at least 4 members (excludes halogenated alkanes) is 1. The van der Waals surface area contributed by atoms with Crippen molar-refractivity contribution in [1.82, 2.24) is 0 Å². The van der Waals surface area contributed by atoms with E-state index in [4.69, 9.17) is 23.8 Å². The maximum absolute atomic E-state index is 14.3. The van der Waals surface area contributed by atoms with E-state index < -0.39 is 88.8 Å². The van der Waals surface area contributed by atoms with Crippen LogP contribution < -0.4 is 10.1 Å². The fourth-order valence-corrected chi connectivity index (χ4v) is 7.22. The monoisotopic (exact) mass is 796 g/mol. The molecule has 3 aliphatic rings. The smallest absolute Gasteiger partial charge is 0.312 e. The molecular weight excluding hydrogens is 740 g/mol. The molecule has 0 radical (unpaired) electrons. The number of ether oxygens (including phenoxy) is 4. The molecule has 3 heterocycles. The standard InChI is InChI=1S/C42H56N2O13/c1-11-12-17-55-43-19-27-32-37(50)30-29(36(27)49)31-39(25(7)35(30)48)57-42(9,40(31)51)54-18-16-28(53-10)22(4)38(56-26(8)45)24(6)34(47)23(5)33(46)20(2)14-13-15-21(3)41(52)44-32/h13-16,18-20,22-24,28,33-34,38,46-50H,11-12,17H2,1-10H3,(H,44,52)/b14-13+,18-16+,21-15+,43-19-. The number of phenolic OH excluding ortho intramolecular Hbond substituents is 3. The number of nitrogens with zero attached hydrogens (tertiary/aromatic N) is 1. The zero-order chi connectivity index (χ0) is 42.5. The van der Waals surface area contributed by atoms with Crippen molar-refractivity contribution >= 4 is 40.3 Å².